The van der Waals surface area contributed by atoms with Gasteiger partial charge in [0.1, 0.15) is 10.7 Å². The number of H-pyrrole nitrogens is 1. The molecule has 0 aliphatic carbocycles. The Morgan fingerprint density at radius 1 is 1.26 bits per heavy atom. The van der Waals surface area contributed by atoms with Gasteiger partial charge in [0, 0.05) is 34.3 Å². The van der Waals surface area contributed by atoms with Gasteiger partial charge in [-0.05, 0) is 41.4 Å². The number of aromatic nitrogens is 2. The highest BCUT2D eigenvalue weighted by molar-refractivity contribution is 7.19. The number of nitrogens with zero attached hydrogens (tertiary/aromatic N) is 2. The lowest BCUT2D eigenvalue weighted by Crippen LogP contribution is -2.29. The maximum Gasteiger partial charge on any atom is 0.260 e. The van der Waals surface area contributed by atoms with Crippen LogP contribution in [0.5, 0.6) is 0 Å². The lowest BCUT2D eigenvalue weighted by atomic mass is 10.2. The van der Waals surface area contributed by atoms with Gasteiger partial charge < -0.3 is 9.88 Å². The summed E-state index contributed by atoms with van der Waals surface area (Å²) in [6.07, 6.45) is 0.0805. The summed E-state index contributed by atoms with van der Waals surface area (Å²) in [5.74, 6) is 0.333. The van der Waals surface area contributed by atoms with Crippen LogP contribution in [0.1, 0.15) is 16.3 Å². The molecule has 0 atom stereocenters. The number of aryl methyl sites for hydroxylation is 1. The van der Waals surface area contributed by atoms with Crippen molar-refractivity contribution in [2.45, 2.75) is 19.9 Å². The van der Waals surface area contributed by atoms with E-state index in [1.165, 1.54) is 16.2 Å². The molecule has 0 saturated carbocycles. The Hall–Kier alpha value is -2.29. The van der Waals surface area contributed by atoms with Gasteiger partial charge in [-0.3, -0.25) is 9.59 Å². The molecule has 0 aliphatic rings. The molecule has 0 spiro atoms. The molecule has 1 amide bonds. The van der Waals surface area contributed by atoms with E-state index in [1.54, 1.807) is 34.6 Å². The highest BCUT2D eigenvalue weighted by atomic mass is 32.1. The third kappa shape index (κ3) is 3.73. The molecule has 0 unspecified atom stereocenters. The summed E-state index contributed by atoms with van der Waals surface area (Å²) in [4.78, 5) is 37.1. The van der Waals surface area contributed by atoms with Crippen LogP contribution in [0, 0.1) is 6.92 Å². The third-order valence-corrected chi connectivity index (χ3v) is 6.88. The molecule has 4 heterocycles. The van der Waals surface area contributed by atoms with Gasteiger partial charge in [0.2, 0.25) is 5.91 Å². The van der Waals surface area contributed by atoms with Crippen molar-refractivity contribution in [3.63, 3.8) is 0 Å². The Kier molecular flexibility index (Phi) is 4.94. The van der Waals surface area contributed by atoms with Crippen molar-refractivity contribution in [2.75, 3.05) is 7.05 Å². The Morgan fingerprint density at radius 3 is 2.81 bits per heavy atom. The highest BCUT2D eigenvalue weighted by Crippen LogP contribution is 2.34. The monoisotopic (exact) mass is 415 g/mol. The summed E-state index contributed by atoms with van der Waals surface area (Å²) in [6, 6.07) is 6.07. The first-order chi connectivity index (χ1) is 13.0. The van der Waals surface area contributed by atoms with E-state index in [2.05, 4.69) is 9.97 Å². The van der Waals surface area contributed by atoms with Crippen LogP contribution >= 0.6 is 34.0 Å². The number of carbonyl (C=O) groups is 1. The molecule has 1 N–H and O–H groups in total. The van der Waals surface area contributed by atoms with E-state index in [0.717, 1.165) is 16.0 Å². The molecule has 4 rings (SSSR count). The zero-order valence-electron chi connectivity index (χ0n) is 14.8. The third-order valence-electron chi connectivity index (χ3n) is 4.24. The first kappa shape index (κ1) is 18.1. The van der Waals surface area contributed by atoms with Gasteiger partial charge >= 0.3 is 0 Å². The van der Waals surface area contributed by atoms with E-state index < -0.39 is 0 Å². The largest absolute Gasteiger partial charge is 0.341 e. The van der Waals surface area contributed by atoms with Crippen LogP contribution in [0.3, 0.4) is 0 Å². The number of nitrogens with one attached hydrogen (secondary N) is 1. The zero-order chi connectivity index (χ0) is 19.0. The zero-order valence-corrected chi connectivity index (χ0v) is 17.3. The van der Waals surface area contributed by atoms with E-state index in [-0.39, 0.29) is 17.9 Å². The second kappa shape index (κ2) is 7.38. The van der Waals surface area contributed by atoms with Crippen molar-refractivity contribution in [3.05, 3.63) is 61.0 Å². The Morgan fingerprint density at radius 2 is 2.11 bits per heavy atom. The number of hydrogen-bond acceptors (Lipinski definition) is 6. The Labute approximate surface area is 167 Å². The second-order valence-electron chi connectivity index (χ2n) is 6.31. The molecule has 0 aromatic carbocycles. The van der Waals surface area contributed by atoms with Crippen LogP contribution in [-0.4, -0.2) is 27.8 Å². The van der Waals surface area contributed by atoms with Gasteiger partial charge in [-0.25, -0.2) is 4.98 Å². The quantitative estimate of drug-likeness (QED) is 0.529. The molecule has 8 heteroatoms. The van der Waals surface area contributed by atoms with Gasteiger partial charge in [-0.15, -0.1) is 22.7 Å². The van der Waals surface area contributed by atoms with Crippen molar-refractivity contribution in [1.82, 2.24) is 14.9 Å². The maximum absolute atomic E-state index is 12.7. The van der Waals surface area contributed by atoms with Crippen LogP contribution in [0.25, 0.3) is 20.7 Å². The molecule has 138 valence electrons. The van der Waals surface area contributed by atoms with E-state index in [0.29, 0.717) is 22.6 Å². The topological polar surface area (TPSA) is 66.1 Å². The minimum Gasteiger partial charge on any atom is -0.341 e. The van der Waals surface area contributed by atoms with Crippen LogP contribution < -0.4 is 5.56 Å². The van der Waals surface area contributed by atoms with Gasteiger partial charge in [-0.1, -0.05) is 0 Å². The number of hydrogen-bond donors (Lipinski definition) is 1. The maximum atomic E-state index is 12.7. The molecule has 0 radical (unpaired) electrons. The van der Waals surface area contributed by atoms with Crippen molar-refractivity contribution >= 4 is 50.1 Å². The van der Waals surface area contributed by atoms with Crippen LogP contribution in [0.4, 0.5) is 0 Å². The number of aromatic amines is 1. The minimum atomic E-state index is -0.189. The van der Waals surface area contributed by atoms with Crippen LogP contribution in [0.2, 0.25) is 0 Å². The fourth-order valence-corrected chi connectivity index (χ4v) is 5.44. The summed E-state index contributed by atoms with van der Waals surface area (Å²) in [6.45, 7) is 2.59. The average molecular weight is 416 g/mol. The fourth-order valence-electron chi connectivity index (χ4n) is 2.86. The fraction of sp³-hybridized carbons (Fsp3) is 0.211. The van der Waals surface area contributed by atoms with E-state index in [9.17, 15) is 9.59 Å². The van der Waals surface area contributed by atoms with Gasteiger partial charge in [0.25, 0.3) is 5.56 Å². The van der Waals surface area contributed by atoms with Gasteiger partial charge in [0.15, 0.2) is 0 Å². The van der Waals surface area contributed by atoms with Crippen molar-refractivity contribution in [3.8, 4) is 10.4 Å². The average Bonchev–Trinajstić information content (AvgIpc) is 3.35. The Bertz CT molecular complexity index is 1150. The predicted molar refractivity (Wildman–Crippen MR) is 113 cm³/mol. The number of amides is 1. The predicted octanol–water partition coefficient (Wildman–Crippen LogP) is 4.28. The van der Waals surface area contributed by atoms with E-state index in [4.69, 9.17) is 0 Å². The number of rotatable bonds is 5. The Balaban J connectivity index is 1.58. The summed E-state index contributed by atoms with van der Waals surface area (Å²) >= 11 is 4.70. The van der Waals surface area contributed by atoms with Crippen molar-refractivity contribution in [1.29, 1.82) is 0 Å². The summed E-state index contributed by atoms with van der Waals surface area (Å²) < 4.78 is 0. The molecule has 0 aliphatic heterocycles. The molecule has 0 saturated heterocycles. The molecule has 4 aromatic heterocycles. The lowest BCUT2D eigenvalue weighted by molar-refractivity contribution is -0.129. The summed E-state index contributed by atoms with van der Waals surface area (Å²) in [5.41, 5.74) is 1.82. The molecule has 0 fully saturated rings. The van der Waals surface area contributed by atoms with E-state index in [1.807, 2.05) is 41.3 Å². The smallest absolute Gasteiger partial charge is 0.260 e. The molecule has 27 heavy (non-hydrogen) atoms. The summed E-state index contributed by atoms with van der Waals surface area (Å²) in [7, 11) is 1.76. The first-order valence-corrected chi connectivity index (χ1v) is 11.0. The molecular formula is C19H17N3O2S3. The molecule has 4 aromatic rings. The summed E-state index contributed by atoms with van der Waals surface area (Å²) in [5, 5.41) is 6.58. The minimum absolute atomic E-state index is 0.0747. The van der Waals surface area contributed by atoms with Crippen LogP contribution in [0.15, 0.2) is 39.1 Å². The number of fused-ring (bicyclic) bond motifs is 1. The van der Waals surface area contributed by atoms with E-state index >= 15 is 0 Å². The SMILES string of the molecule is Cc1ccc(-c2csc3nc(CC(=O)N(C)Cc4ccsc4)[nH]c(=O)c23)s1. The number of likely N-dealkylation sites (N-methyl/N-ethyl adjacent to an activating group) is 1. The second-order valence-corrected chi connectivity index (χ2v) is 9.24. The lowest BCUT2D eigenvalue weighted by Gasteiger charge is -2.16. The number of carbonyl (C=O) groups excluding carboxylic acids is 1. The standard InChI is InChI=1S/C19H17N3O2S3/c1-11-3-4-14(27-11)13-10-26-19-17(13)18(24)20-15(21-19)7-16(23)22(2)8-12-5-6-25-9-12/h3-6,9-10H,7-8H2,1-2H3,(H,20,21,24). The molecular weight excluding hydrogens is 398 g/mol. The van der Waals surface area contributed by atoms with Crippen molar-refractivity contribution < 1.29 is 4.79 Å². The normalized spacial score (nSPS) is 11.2. The van der Waals surface area contributed by atoms with Gasteiger partial charge in [0.05, 0.1) is 11.8 Å². The molecule has 5 nitrogen and oxygen atoms in total. The first-order valence-electron chi connectivity index (χ1n) is 8.33. The van der Waals surface area contributed by atoms with Crippen LogP contribution in [-0.2, 0) is 17.8 Å². The number of thiophene rings is 3. The highest BCUT2D eigenvalue weighted by Gasteiger charge is 2.17. The van der Waals surface area contributed by atoms with Gasteiger partial charge in [-0.2, -0.15) is 11.3 Å². The molecule has 0 bridgehead atoms. The van der Waals surface area contributed by atoms with Crippen molar-refractivity contribution in [2.24, 2.45) is 0 Å².